The molecule has 0 unspecified atom stereocenters. The number of hydrogen-bond acceptors (Lipinski definition) is 5. The van der Waals surface area contributed by atoms with Gasteiger partial charge in [0.25, 0.3) is 0 Å². The van der Waals surface area contributed by atoms with Crippen LogP contribution in [0.5, 0.6) is 0 Å². The van der Waals surface area contributed by atoms with E-state index in [1.54, 1.807) is 12.5 Å². The van der Waals surface area contributed by atoms with Crippen molar-refractivity contribution in [2.75, 3.05) is 0 Å². The van der Waals surface area contributed by atoms with Crippen molar-refractivity contribution in [3.8, 4) is 0 Å². The molecule has 0 aliphatic carbocycles. The van der Waals surface area contributed by atoms with Gasteiger partial charge in [0.15, 0.2) is 0 Å². The van der Waals surface area contributed by atoms with Crippen LogP contribution in [0.4, 0.5) is 0 Å². The number of hydrogen-bond donors (Lipinski definition) is 2. The van der Waals surface area contributed by atoms with Crippen LogP contribution in [0.1, 0.15) is 11.4 Å². The predicted molar refractivity (Wildman–Crippen MR) is 115 cm³/mol. The number of aliphatic imine (C=N–C) groups is 3. The Morgan fingerprint density at radius 3 is 2.03 bits per heavy atom. The molecule has 0 saturated heterocycles. The van der Waals surface area contributed by atoms with Crippen LogP contribution in [0.2, 0.25) is 0 Å². The topological polar surface area (TPSA) is 74.1 Å². The third-order valence-electron chi connectivity index (χ3n) is 4.85. The molecular weight excluding hydrogens is 362 g/mol. The van der Waals surface area contributed by atoms with E-state index < -0.39 is 0 Å². The standard InChI is InChI=1S/C23H15N5O/c1-3-16-12-18-5-7-20(27-18)22(23-24-9-10-29-23)21-8-6-19(28-21)13-17-4-2-15(26-17)11-14(1)25-16/h1-13,24-25H. The Hall–Kier alpha value is -4.19. The van der Waals surface area contributed by atoms with Crippen LogP contribution in [0.15, 0.2) is 111 Å². The number of allylic oxidation sites excluding steroid dienone is 8. The fourth-order valence-electron chi connectivity index (χ4n) is 3.56. The van der Waals surface area contributed by atoms with E-state index in [2.05, 4.69) is 15.3 Å². The minimum absolute atomic E-state index is 0.617. The maximum absolute atomic E-state index is 5.64. The summed E-state index contributed by atoms with van der Waals surface area (Å²) in [6.07, 6.45) is 21.3. The van der Waals surface area contributed by atoms with Crippen LogP contribution in [0.3, 0.4) is 0 Å². The molecule has 0 amide bonds. The lowest BCUT2D eigenvalue weighted by atomic mass is 10.1. The van der Waals surface area contributed by atoms with Gasteiger partial charge in [-0.25, -0.2) is 15.0 Å². The largest absolute Gasteiger partial charge is 0.446 e. The van der Waals surface area contributed by atoms with Crippen molar-refractivity contribution in [1.29, 1.82) is 0 Å². The summed E-state index contributed by atoms with van der Waals surface area (Å²) in [5.74, 6) is 0.617. The summed E-state index contributed by atoms with van der Waals surface area (Å²) in [6.45, 7) is 0. The monoisotopic (exact) mass is 377 g/mol. The zero-order chi connectivity index (χ0) is 19.2. The van der Waals surface area contributed by atoms with Crippen LogP contribution in [-0.4, -0.2) is 22.1 Å². The number of H-pyrrole nitrogens is 1. The third kappa shape index (κ3) is 2.87. The Kier molecular flexibility index (Phi) is 3.37. The van der Waals surface area contributed by atoms with Gasteiger partial charge in [0.05, 0.1) is 39.8 Å². The van der Waals surface area contributed by atoms with Crippen LogP contribution in [-0.2, 0) is 4.74 Å². The number of nitrogens with zero attached hydrogens (tertiary/aromatic N) is 3. The second kappa shape index (κ2) is 6.17. The first-order chi connectivity index (χ1) is 14.3. The Morgan fingerprint density at radius 2 is 1.34 bits per heavy atom. The summed E-state index contributed by atoms with van der Waals surface area (Å²) >= 11 is 0. The fourth-order valence-corrected chi connectivity index (χ4v) is 3.56. The van der Waals surface area contributed by atoms with Crippen molar-refractivity contribution in [3.05, 3.63) is 107 Å². The molecule has 0 fully saturated rings. The molecule has 6 heterocycles. The molecule has 5 aliphatic heterocycles. The molecule has 8 bridgehead atoms. The zero-order valence-corrected chi connectivity index (χ0v) is 15.3. The normalized spacial score (nSPS) is 23.3. The fraction of sp³-hybridized carbons (Fsp3) is 0. The van der Waals surface area contributed by atoms with Gasteiger partial charge in [0.2, 0.25) is 5.88 Å². The zero-order valence-electron chi connectivity index (χ0n) is 15.3. The smallest absolute Gasteiger partial charge is 0.208 e. The summed E-state index contributed by atoms with van der Waals surface area (Å²) in [6, 6.07) is 4.07. The molecule has 0 saturated carbocycles. The molecule has 6 rings (SSSR count). The lowest BCUT2D eigenvalue weighted by Gasteiger charge is -2.09. The van der Waals surface area contributed by atoms with Gasteiger partial charge in [-0.3, -0.25) is 0 Å². The third-order valence-corrected chi connectivity index (χ3v) is 4.85. The minimum Gasteiger partial charge on any atom is -0.446 e. The van der Waals surface area contributed by atoms with E-state index in [0.29, 0.717) is 5.88 Å². The highest BCUT2D eigenvalue weighted by Gasteiger charge is 2.24. The summed E-state index contributed by atoms with van der Waals surface area (Å²) in [5.41, 5.74) is 7.83. The van der Waals surface area contributed by atoms with Crippen molar-refractivity contribution in [3.63, 3.8) is 0 Å². The second-order valence-corrected chi connectivity index (χ2v) is 6.88. The number of rotatable bonds is 0. The maximum atomic E-state index is 5.64. The average molecular weight is 377 g/mol. The molecule has 0 aromatic carbocycles. The number of fused-ring (bicyclic) bond motifs is 5. The summed E-state index contributed by atoms with van der Waals surface area (Å²) in [4.78, 5) is 17.6. The van der Waals surface area contributed by atoms with Crippen LogP contribution >= 0.6 is 0 Å². The molecule has 1 aromatic rings. The van der Waals surface area contributed by atoms with E-state index in [1.807, 2.05) is 66.8 Å². The van der Waals surface area contributed by atoms with Gasteiger partial charge >= 0.3 is 0 Å². The molecule has 1 aromatic heterocycles. The van der Waals surface area contributed by atoms with E-state index in [0.717, 1.165) is 51.2 Å². The van der Waals surface area contributed by atoms with Gasteiger partial charge in [-0.2, -0.15) is 0 Å². The average Bonchev–Trinajstić information content (AvgIpc) is 3.51. The highest BCUT2D eigenvalue weighted by molar-refractivity contribution is 6.33. The Labute approximate surface area is 166 Å². The first-order valence-corrected chi connectivity index (χ1v) is 9.28. The Morgan fingerprint density at radius 1 is 0.690 bits per heavy atom. The van der Waals surface area contributed by atoms with Crippen molar-refractivity contribution >= 4 is 29.3 Å². The van der Waals surface area contributed by atoms with Gasteiger partial charge in [-0.15, -0.1) is 0 Å². The van der Waals surface area contributed by atoms with E-state index in [1.165, 1.54) is 0 Å². The van der Waals surface area contributed by atoms with E-state index in [9.17, 15) is 0 Å². The predicted octanol–water partition coefficient (Wildman–Crippen LogP) is 3.93. The molecule has 0 atom stereocenters. The van der Waals surface area contributed by atoms with Crippen LogP contribution in [0.25, 0.3) is 12.2 Å². The lowest BCUT2D eigenvalue weighted by Crippen LogP contribution is -2.16. The Balaban J connectivity index is 1.55. The quantitative estimate of drug-likeness (QED) is 0.719. The molecule has 0 radical (unpaired) electrons. The van der Waals surface area contributed by atoms with Gasteiger partial charge in [0.1, 0.15) is 6.26 Å². The van der Waals surface area contributed by atoms with Crippen molar-refractivity contribution in [2.45, 2.75) is 0 Å². The summed E-state index contributed by atoms with van der Waals surface area (Å²) in [5, 5.41) is 3.13. The maximum Gasteiger partial charge on any atom is 0.208 e. The molecule has 6 nitrogen and oxygen atoms in total. The minimum atomic E-state index is 0.617. The van der Waals surface area contributed by atoms with Crippen molar-refractivity contribution in [2.24, 2.45) is 15.0 Å². The van der Waals surface area contributed by atoms with E-state index in [-0.39, 0.29) is 0 Å². The van der Waals surface area contributed by atoms with E-state index in [4.69, 9.17) is 14.7 Å². The molecule has 5 aliphatic rings. The van der Waals surface area contributed by atoms with Gasteiger partial charge in [-0.05, 0) is 66.8 Å². The highest BCUT2D eigenvalue weighted by atomic mass is 16.5. The molecule has 0 spiro atoms. The molecule has 138 valence electrons. The summed E-state index contributed by atoms with van der Waals surface area (Å²) in [7, 11) is 0. The van der Waals surface area contributed by atoms with Gasteiger partial charge in [-0.1, -0.05) is 0 Å². The Bertz CT molecular complexity index is 1270. The van der Waals surface area contributed by atoms with Gasteiger partial charge in [0, 0.05) is 17.6 Å². The lowest BCUT2D eigenvalue weighted by molar-refractivity contribution is 0.356. The molecule has 2 N–H and O–H groups in total. The van der Waals surface area contributed by atoms with Crippen molar-refractivity contribution in [1.82, 2.24) is 10.3 Å². The van der Waals surface area contributed by atoms with Gasteiger partial charge < -0.3 is 15.0 Å². The van der Waals surface area contributed by atoms with Crippen LogP contribution < -0.4 is 5.32 Å². The van der Waals surface area contributed by atoms with E-state index >= 15 is 0 Å². The molecule has 6 heteroatoms. The first kappa shape index (κ1) is 15.8. The number of aromatic amines is 1. The van der Waals surface area contributed by atoms with Crippen molar-refractivity contribution < 1.29 is 4.74 Å². The number of ether oxygens (including phenoxy) is 1. The SMILES string of the molecule is C1=COC(=C2C3=NC(=CC4=NC(=Cc5ccc([nH]5)C=C5C=CC2=N5)C=C4)C=C3)N1. The number of aromatic nitrogens is 1. The molecule has 29 heavy (non-hydrogen) atoms. The molecular formula is C23H15N5O. The first-order valence-electron chi connectivity index (χ1n) is 9.28. The number of nitrogens with one attached hydrogen (secondary N) is 2. The highest BCUT2D eigenvalue weighted by Crippen LogP contribution is 2.26. The van der Waals surface area contributed by atoms with Crippen LogP contribution in [0, 0.1) is 0 Å². The second-order valence-electron chi connectivity index (χ2n) is 6.88. The summed E-state index contributed by atoms with van der Waals surface area (Å²) < 4.78 is 5.64.